The summed E-state index contributed by atoms with van der Waals surface area (Å²) in [4.78, 5) is 12.1. The molecule has 0 bridgehead atoms. The van der Waals surface area contributed by atoms with Gasteiger partial charge in [0.05, 0.1) is 6.04 Å². The Morgan fingerprint density at radius 1 is 1.50 bits per heavy atom. The summed E-state index contributed by atoms with van der Waals surface area (Å²) in [5.41, 5.74) is 8.11. The molecule has 1 atom stereocenters. The number of oxime groups is 1. The highest BCUT2D eigenvalue weighted by Gasteiger charge is 2.17. The van der Waals surface area contributed by atoms with Crippen LogP contribution in [-0.4, -0.2) is 23.0 Å². The van der Waals surface area contributed by atoms with Gasteiger partial charge in [-0.15, -0.1) is 0 Å². The smallest absolute Gasteiger partial charge is 0.252 e. The Kier molecular flexibility index (Phi) is 4.71. The zero-order valence-electron chi connectivity index (χ0n) is 10.9. The molecule has 98 valence electrons. The molecule has 0 heterocycles. The van der Waals surface area contributed by atoms with Crippen LogP contribution in [0.2, 0.25) is 0 Å². The third-order valence-electron chi connectivity index (χ3n) is 2.81. The lowest BCUT2D eigenvalue weighted by Crippen LogP contribution is -2.44. The van der Waals surface area contributed by atoms with Crippen LogP contribution in [0.5, 0.6) is 0 Å². The molecule has 1 rings (SSSR count). The highest BCUT2D eigenvalue weighted by atomic mass is 16.4. The Morgan fingerprint density at radius 3 is 2.67 bits per heavy atom. The van der Waals surface area contributed by atoms with Crippen molar-refractivity contribution in [2.75, 3.05) is 0 Å². The first-order valence-electron chi connectivity index (χ1n) is 5.85. The molecule has 0 aliphatic rings. The molecular weight excluding hydrogens is 230 g/mol. The van der Waals surface area contributed by atoms with E-state index in [2.05, 4.69) is 10.5 Å². The van der Waals surface area contributed by atoms with Crippen LogP contribution >= 0.6 is 0 Å². The molecule has 0 saturated carbocycles. The number of carbonyl (C=O) groups excluding carboxylic acids is 1. The van der Waals surface area contributed by atoms with Crippen LogP contribution in [0.4, 0.5) is 0 Å². The summed E-state index contributed by atoms with van der Waals surface area (Å²) in [6, 6.07) is 5.15. The van der Waals surface area contributed by atoms with Gasteiger partial charge < -0.3 is 16.3 Å². The minimum Gasteiger partial charge on any atom is -0.409 e. The largest absolute Gasteiger partial charge is 0.409 e. The van der Waals surface area contributed by atoms with E-state index in [9.17, 15) is 4.79 Å². The summed E-state index contributed by atoms with van der Waals surface area (Å²) >= 11 is 0. The summed E-state index contributed by atoms with van der Waals surface area (Å²) in [5.74, 6) is -0.207. The average Bonchev–Trinajstić information content (AvgIpc) is 2.34. The molecule has 1 amide bonds. The van der Waals surface area contributed by atoms with Crippen molar-refractivity contribution in [2.24, 2.45) is 10.9 Å². The maximum Gasteiger partial charge on any atom is 0.252 e. The zero-order valence-corrected chi connectivity index (χ0v) is 10.9. The SMILES string of the molecule is CCC(NC(=O)c1ccc(C)cc1C)/C(N)=N/O. The normalized spacial score (nSPS) is 13.2. The molecule has 0 fully saturated rings. The number of nitrogens with zero attached hydrogens (tertiary/aromatic N) is 1. The lowest BCUT2D eigenvalue weighted by molar-refractivity contribution is 0.0945. The summed E-state index contributed by atoms with van der Waals surface area (Å²) in [6.45, 7) is 5.71. The molecular formula is C13H19N3O2. The van der Waals surface area contributed by atoms with E-state index in [0.29, 0.717) is 12.0 Å². The number of amides is 1. The van der Waals surface area contributed by atoms with Crippen molar-refractivity contribution >= 4 is 11.7 Å². The Morgan fingerprint density at radius 2 is 2.17 bits per heavy atom. The molecule has 0 radical (unpaired) electrons. The lowest BCUT2D eigenvalue weighted by atomic mass is 10.0. The highest BCUT2D eigenvalue weighted by molar-refractivity contribution is 5.99. The second-order valence-electron chi connectivity index (χ2n) is 4.28. The van der Waals surface area contributed by atoms with Crippen molar-refractivity contribution in [1.29, 1.82) is 0 Å². The fraction of sp³-hybridized carbons (Fsp3) is 0.385. The van der Waals surface area contributed by atoms with Crippen molar-refractivity contribution in [3.63, 3.8) is 0 Å². The van der Waals surface area contributed by atoms with Gasteiger partial charge in [0.25, 0.3) is 5.91 Å². The van der Waals surface area contributed by atoms with Gasteiger partial charge in [-0.25, -0.2) is 0 Å². The minimum absolute atomic E-state index is 0.00983. The standard InChI is InChI=1S/C13H19N3O2/c1-4-11(12(14)16-18)15-13(17)10-6-5-8(2)7-9(10)3/h5-7,11,18H,4H2,1-3H3,(H2,14,16)(H,15,17). The van der Waals surface area contributed by atoms with E-state index >= 15 is 0 Å². The summed E-state index contributed by atoms with van der Waals surface area (Å²) in [5, 5.41) is 14.3. The van der Waals surface area contributed by atoms with Gasteiger partial charge in [0.1, 0.15) is 0 Å². The first-order valence-corrected chi connectivity index (χ1v) is 5.85. The molecule has 1 unspecified atom stereocenters. The predicted molar refractivity (Wildman–Crippen MR) is 70.9 cm³/mol. The van der Waals surface area contributed by atoms with Crippen LogP contribution in [0.1, 0.15) is 34.8 Å². The summed E-state index contributed by atoms with van der Waals surface area (Å²) < 4.78 is 0. The van der Waals surface area contributed by atoms with E-state index in [1.165, 1.54) is 0 Å². The van der Waals surface area contributed by atoms with Crippen LogP contribution in [0, 0.1) is 13.8 Å². The lowest BCUT2D eigenvalue weighted by Gasteiger charge is -2.16. The number of benzene rings is 1. The van der Waals surface area contributed by atoms with Gasteiger partial charge in [0.2, 0.25) is 0 Å². The van der Waals surface area contributed by atoms with Crippen molar-refractivity contribution in [1.82, 2.24) is 5.32 Å². The number of aryl methyl sites for hydroxylation is 2. The molecule has 18 heavy (non-hydrogen) atoms. The number of hydrogen-bond acceptors (Lipinski definition) is 3. The number of nitrogens with one attached hydrogen (secondary N) is 1. The van der Waals surface area contributed by atoms with Crippen LogP contribution in [0.25, 0.3) is 0 Å². The monoisotopic (exact) mass is 249 g/mol. The fourth-order valence-electron chi connectivity index (χ4n) is 1.76. The van der Waals surface area contributed by atoms with Crippen molar-refractivity contribution in [3.05, 3.63) is 34.9 Å². The molecule has 0 aliphatic heterocycles. The maximum atomic E-state index is 12.1. The second kappa shape index (κ2) is 6.05. The number of nitrogens with two attached hydrogens (primary N) is 1. The molecule has 0 aliphatic carbocycles. The molecule has 1 aromatic rings. The summed E-state index contributed by atoms with van der Waals surface area (Å²) in [6.07, 6.45) is 0.562. The average molecular weight is 249 g/mol. The molecule has 5 nitrogen and oxygen atoms in total. The number of amidine groups is 1. The van der Waals surface area contributed by atoms with E-state index in [4.69, 9.17) is 10.9 Å². The first-order chi connectivity index (χ1) is 8.49. The topological polar surface area (TPSA) is 87.7 Å². The molecule has 4 N–H and O–H groups in total. The predicted octanol–water partition coefficient (Wildman–Crippen LogP) is 1.56. The minimum atomic E-state index is -0.455. The van der Waals surface area contributed by atoms with Gasteiger partial charge in [0, 0.05) is 5.56 Å². The number of rotatable bonds is 4. The first kappa shape index (κ1) is 14.0. The number of carbonyl (C=O) groups is 1. The van der Waals surface area contributed by atoms with E-state index in [1.54, 1.807) is 6.07 Å². The molecule has 0 spiro atoms. The third kappa shape index (κ3) is 3.23. The van der Waals surface area contributed by atoms with E-state index in [1.807, 2.05) is 32.9 Å². The summed E-state index contributed by atoms with van der Waals surface area (Å²) in [7, 11) is 0. The highest BCUT2D eigenvalue weighted by Crippen LogP contribution is 2.10. The maximum absolute atomic E-state index is 12.1. The van der Waals surface area contributed by atoms with Gasteiger partial charge in [-0.05, 0) is 31.9 Å². The fourth-order valence-corrected chi connectivity index (χ4v) is 1.76. The van der Waals surface area contributed by atoms with Crippen molar-refractivity contribution in [2.45, 2.75) is 33.2 Å². The van der Waals surface area contributed by atoms with Gasteiger partial charge in [-0.2, -0.15) is 0 Å². The van der Waals surface area contributed by atoms with Gasteiger partial charge in [-0.3, -0.25) is 4.79 Å². The van der Waals surface area contributed by atoms with E-state index in [0.717, 1.165) is 11.1 Å². The molecule has 1 aromatic carbocycles. The van der Waals surface area contributed by atoms with Crippen LogP contribution in [0.15, 0.2) is 23.4 Å². The van der Waals surface area contributed by atoms with Gasteiger partial charge >= 0.3 is 0 Å². The van der Waals surface area contributed by atoms with Crippen molar-refractivity contribution in [3.8, 4) is 0 Å². The van der Waals surface area contributed by atoms with Crippen molar-refractivity contribution < 1.29 is 10.0 Å². The second-order valence-corrected chi connectivity index (χ2v) is 4.28. The molecule has 5 heteroatoms. The van der Waals surface area contributed by atoms with E-state index in [-0.39, 0.29) is 11.7 Å². The molecule has 0 aromatic heterocycles. The van der Waals surface area contributed by atoms with Crippen LogP contribution < -0.4 is 11.1 Å². The van der Waals surface area contributed by atoms with Gasteiger partial charge in [-0.1, -0.05) is 29.8 Å². The Hall–Kier alpha value is -2.04. The Labute approximate surface area is 107 Å². The third-order valence-corrected chi connectivity index (χ3v) is 2.81. The van der Waals surface area contributed by atoms with Crippen LogP contribution in [-0.2, 0) is 0 Å². The molecule has 0 saturated heterocycles. The Bertz CT molecular complexity index is 469. The van der Waals surface area contributed by atoms with Gasteiger partial charge in [0.15, 0.2) is 5.84 Å². The van der Waals surface area contributed by atoms with Crippen LogP contribution in [0.3, 0.4) is 0 Å². The zero-order chi connectivity index (χ0) is 13.7. The quantitative estimate of drug-likeness (QED) is 0.327. The van der Waals surface area contributed by atoms with E-state index < -0.39 is 6.04 Å². The Balaban J connectivity index is 2.88. The number of hydrogen-bond donors (Lipinski definition) is 3.